The molecule has 2 aromatic rings. The molecule has 0 saturated heterocycles. The summed E-state index contributed by atoms with van der Waals surface area (Å²) in [6, 6.07) is 12.2. The van der Waals surface area contributed by atoms with Crippen LogP contribution < -0.4 is 10.1 Å². The third-order valence-corrected chi connectivity index (χ3v) is 3.36. The lowest BCUT2D eigenvalue weighted by Gasteiger charge is -2.15. The Morgan fingerprint density at radius 3 is 2.38 bits per heavy atom. The topological polar surface area (TPSA) is 88.5 Å². The second kappa shape index (κ2) is 8.29. The number of rotatable bonds is 6. The highest BCUT2D eigenvalue weighted by Crippen LogP contribution is 2.20. The van der Waals surface area contributed by atoms with Gasteiger partial charge in [0.25, 0.3) is 5.91 Å². The van der Waals surface area contributed by atoms with Crippen LogP contribution in [0.4, 0.5) is 0 Å². The molecule has 6 heteroatoms. The Morgan fingerprint density at radius 2 is 1.85 bits per heavy atom. The monoisotopic (exact) mass is 354 g/mol. The quantitative estimate of drug-likeness (QED) is 0.765. The molecule has 0 aliphatic heterocycles. The molecule has 0 aliphatic rings. The standard InChI is InChI=1S/C20H22N2O4/c1-20(2,3)12-11-16(19(24)25)22-18(23)14-9-10-17(21-13-14)26-15-7-5-4-6-8-15/h4-11,13H,12H2,1-3H3,(H,22,23)(H,24,25)/b16-11+. The number of hydrogen-bond acceptors (Lipinski definition) is 4. The maximum absolute atomic E-state index is 12.3. The van der Waals surface area contributed by atoms with E-state index < -0.39 is 11.9 Å². The Labute approximate surface area is 152 Å². The van der Waals surface area contributed by atoms with E-state index in [4.69, 9.17) is 4.74 Å². The zero-order chi connectivity index (χ0) is 19.2. The number of carbonyl (C=O) groups excluding carboxylic acids is 1. The van der Waals surface area contributed by atoms with Gasteiger partial charge < -0.3 is 15.2 Å². The van der Waals surface area contributed by atoms with Crippen molar-refractivity contribution >= 4 is 11.9 Å². The van der Waals surface area contributed by atoms with Gasteiger partial charge in [0.05, 0.1) is 5.56 Å². The van der Waals surface area contributed by atoms with Gasteiger partial charge in [-0.2, -0.15) is 0 Å². The van der Waals surface area contributed by atoms with Crippen molar-refractivity contribution in [2.45, 2.75) is 27.2 Å². The summed E-state index contributed by atoms with van der Waals surface area (Å²) in [5, 5.41) is 11.7. The van der Waals surface area contributed by atoms with E-state index in [-0.39, 0.29) is 16.7 Å². The predicted molar refractivity (Wildman–Crippen MR) is 98.0 cm³/mol. The maximum atomic E-state index is 12.3. The highest BCUT2D eigenvalue weighted by atomic mass is 16.5. The summed E-state index contributed by atoms with van der Waals surface area (Å²) >= 11 is 0. The van der Waals surface area contributed by atoms with Gasteiger partial charge in [0.1, 0.15) is 11.4 Å². The third kappa shape index (κ3) is 6.05. The summed E-state index contributed by atoms with van der Waals surface area (Å²) in [4.78, 5) is 27.7. The molecule has 0 atom stereocenters. The lowest BCUT2D eigenvalue weighted by atomic mass is 9.92. The molecule has 1 heterocycles. The van der Waals surface area contributed by atoms with E-state index in [1.54, 1.807) is 18.2 Å². The number of ether oxygens (including phenoxy) is 1. The van der Waals surface area contributed by atoms with Crippen molar-refractivity contribution < 1.29 is 19.4 Å². The van der Waals surface area contributed by atoms with Crippen LogP contribution in [-0.4, -0.2) is 22.0 Å². The molecule has 2 rings (SSSR count). The van der Waals surface area contributed by atoms with E-state index in [1.807, 2.05) is 39.0 Å². The van der Waals surface area contributed by atoms with Crippen LogP contribution in [0.25, 0.3) is 0 Å². The van der Waals surface area contributed by atoms with E-state index in [0.29, 0.717) is 18.1 Å². The smallest absolute Gasteiger partial charge is 0.352 e. The number of hydrogen-bond donors (Lipinski definition) is 2. The van der Waals surface area contributed by atoms with Crippen LogP contribution in [0, 0.1) is 5.41 Å². The summed E-state index contributed by atoms with van der Waals surface area (Å²) in [6.07, 6.45) is 3.38. The second-order valence-corrected chi connectivity index (χ2v) is 6.94. The molecule has 1 aromatic heterocycles. The Balaban J connectivity index is 2.05. The van der Waals surface area contributed by atoms with Gasteiger partial charge in [-0.25, -0.2) is 9.78 Å². The molecule has 0 spiro atoms. The zero-order valence-electron chi connectivity index (χ0n) is 15.0. The van der Waals surface area contributed by atoms with Gasteiger partial charge >= 0.3 is 5.97 Å². The van der Waals surface area contributed by atoms with Crippen LogP contribution in [0.3, 0.4) is 0 Å². The lowest BCUT2D eigenvalue weighted by Crippen LogP contribution is -2.27. The van der Waals surface area contributed by atoms with Crippen molar-refractivity contribution in [3.63, 3.8) is 0 Å². The van der Waals surface area contributed by atoms with Crippen LogP contribution in [0.5, 0.6) is 11.6 Å². The normalized spacial score (nSPS) is 11.7. The molecule has 0 saturated carbocycles. The Morgan fingerprint density at radius 1 is 1.15 bits per heavy atom. The van der Waals surface area contributed by atoms with Crippen LogP contribution >= 0.6 is 0 Å². The molecular weight excluding hydrogens is 332 g/mol. The van der Waals surface area contributed by atoms with Crippen molar-refractivity contribution in [2.24, 2.45) is 5.41 Å². The van der Waals surface area contributed by atoms with E-state index in [2.05, 4.69) is 10.3 Å². The summed E-state index contributed by atoms with van der Waals surface area (Å²) in [5.74, 6) is -0.740. The van der Waals surface area contributed by atoms with E-state index in [1.165, 1.54) is 18.3 Å². The molecular formula is C20H22N2O4. The summed E-state index contributed by atoms with van der Waals surface area (Å²) in [6.45, 7) is 5.96. The van der Waals surface area contributed by atoms with Crippen LogP contribution in [0.15, 0.2) is 60.4 Å². The number of carbonyl (C=O) groups is 2. The minimum atomic E-state index is -1.18. The summed E-state index contributed by atoms with van der Waals surface area (Å²) < 4.78 is 5.56. The number of benzene rings is 1. The summed E-state index contributed by atoms with van der Waals surface area (Å²) in [7, 11) is 0. The number of pyridine rings is 1. The van der Waals surface area contributed by atoms with E-state index in [0.717, 1.165) is 0 Å². The van der Waals surface area contributed by atoms with Gasteiger partial charge in [0.15, 0.2) is 0 Å². The number of carboxylic acid groups (broad SMARTS) is 1. The number of nitrogens with one attached hydrogen (secondary N) is 1. The van der Waals surface area contributed by atoms with E-state index in [9.17, 15) is 14.7 Å². The first-order valence-electron chi connectivity index (χ1n) is 8.18. The van der Waals surface area contributed by atoms with Crippen LogP contribution in [0.2, 0.25) is 0 Å². The maximum Gasteiger partial charge on any atom is 0.352 e. The third-order valence-electron chi connectivity index (χ3n) is 3.36. The van der Waals surface area contributed by atoms with Crippen molar-refractivity contribution in [3.8, 4) is 11.6 Å². The Bertz CT molecular complexity index is 791. The SMILES string of the molecule is CC(C)(C)C/C=C(/NC(=O)c1ccc(Oc2ccccc2)nc1)C(=O)O. The predicted octanol–water partition coefficient (Wildman–Crippen LogP) is 4.01. The number of nitrogens with zero attached hydrogens (tertiary/aromatic N) is 1. The van der Waals surface area contributed by atoms with Crippen molar-refractivity contribution in [3.05, 3.63) is 66.0 Å². The minimum absolute atomic E-state index is 0.0800. The Hall–Kier alpha value is -3.15. The van der Waals surface area contributed by atoms with Gasteiger partial charge in [-0.05, 0) is 30.0 Å². The zero-order valence-corrected chi connectivity index (χ0v) is 15.0. The van der Waals surface area contributed by atoms with Crippen molar-refractivity contribution in [1.82, 2.24) is 10.3 Å². The molecule has 0 unspecified atom stereocenters. The van der Waals surface area contributed by atoms with Crippen molar-refractivity contribution in [1.29, 1.82) is 0 Å². The molecule has 26 heavy (non-hydrogen) atoms. The van der Waals surface area contributed by atoms with Gasteiger partial charge in [-0.15, -0.1) is 0 Å². The fourth-order valence-electron chi connectivity index (χ4n) is 1.98. The average molecular weight is 354 g/mol. The number of aromatic nitrogens is 1. The average Bonchev–Trinajstić information content (AvgIpc) is 2.59. The highest BCUT2D eigenvalue weighted by molar-refractivity contribution is 6.00. The molecule has 0 fully saturated rings. The molecule has 1 amide bonds. The largest absolute Gasteiger partial charge is 0.477 e. The van der Waals surface area contributed by atoms with Gasteiger partial charge in [0.2, 0.25) is 5.88 Å². The van der Waals surface area contributed by atoms with Crippen LogP contribution in [-0.2, 0) is 4.79 Å². The number of aliphatic carboxylic acids is 1. The fraction of sp³-hybridized carbons (Fsp3) is 0.250. The lowest BCUT2D eigenvalue weighted by molar-refractivity contribution is -0.133. The van der Waals surface area contributed by atoms with Crippen LogP contribution in [0.1, 0.15) is 37.6 Å². The van der Waals surface area contributed by atoms with Crippen molar-refractivity contribution in [2.75, 3.05) is 0 Å². The first-order chi connectivity index (χ1) is 12.2. The number of carboxylic acids is 1. The highest BCUT2D eigenvalue weighted by Gasteiger charge is 2.16. The van der Waals surface area contributed by atoms with E-state index >= 15 is 0 Å². The molecule has 1 aromatic carbocycles. The molecule has 0 aliphatic carbocycles. The number of amides is 1. The molecule has 0 radical (unpaired) electrons. The molecule has 2 N–H and O–H groups in total. The molecule has 0 bridgehead atoms. The number of para-hydroxylation sites is 1. The molecule has 6 nitrogen and oxygen atoms in total. The van der Waals surface area contributed by atoms with Gasteiger partial charge in [-0.1, -0.05) is 45.0 Å². The molecule has 136 valence electrons. The second-order valence-electron chi connectivity index (χ2n) is 6.94. The summed E-state index contributed by atoms with van der Waals surface area (Å²) in [5.41, 5.74) is 0.0199. The van der Waals surface area contributed by atoms with Gasteiger partial charge in [-0.3, -0.25) is 4.79 Å². The number of allylic oxidation sites excluding steroid dienone is 1. The van der Waals surface area contributed by atoms with Gasteiger partial charge in [0, 0.05) is 12.3 Å². The fourth-order valence-corrected chi connectivity index (χ4v) is 1.98. The Kier molecular flexibility index (Phi) is 6.11. The minimum Gasteiger partial charge on any atom is -0.477 e. The first kappa shape index (κ1) is 19.2. The first-order valence-corrected chi connectivity index (χ1v) is 8.18.